The van der Waals surface area contributed by atoms with Gasteiger partial charge in [-0.3, -0.25) is 9.69 Å². The summed E-state index contributed by atoms with van der Waals surface area (Å²) >= 11 is 0. The Hall–Kier alpha value is -2.11. The topological polar surface area (TPSA) is 69.6 Å². The maximum Gasteiger partial charge on any atom is 0.321 e. The fourth-order valence-corrected chi connectivity index (χ4v) is 2.97. The lowest BCUT2D eigenvalue weighted by Crippen LogP contribution is -2.50. The highest BCUT2D eigenvalue weighted by atomic mass is 19.1. The van der Waals surface area contributed by atoms with Gasteiger partial charge in [-0.15, -0.1) is 0 Å². The van der Waals surface area contributed by atoms with E-state index in [0.29, 0.717) is 31.5 Å². The molecule has 0 saturated heterocycles. The van der Waals surface area contributed by atoms with Crippen LogP contribution in [0.4, 0.5) is 14.9 Å². The quantitative estimate of drug-likeness (QED) is 0.897. The number of carbonyl (C=O) groups excluding carboxylic acids is 1. The average Bonchev–Trinajstić information content (AvgIpc) is 2.79. The number of hydrogen-bond donors (Lipinski definition) is 2. The van der Waals surface area contributed by atoms with Crippen LogP contribution in [0, 0.1) is 11.2 Å². The largest absolute Gasteiger partial charge is 0.481 e. The van der Waals surface area contributed by atoms with Crippen molar-refractivity contribution in [1.29, 1.82) is 0 Å². The minimum atomic E-state index is -0.859. The Kier molecular flexibility index (Phi) is 3.31. The van der Waals surface area contributed by atoms with Crippen LogP contribution in [0.25, 0.3) is 0 Å². The highest BCUT2D eigenvalue weighted by Gasteiger charge is 2.44. The number of nitrogens with zero attached hydrogens (tertiary/aromatic N) is 1. The lowest BCUT2D eigenvalue weighted by molar-refractivity contribution is -0.153. The number of carbonyl (C=O) groups is 2. The molecule has 21 heavy (non-hydrogen) atoms. The van der Waals surface area contributed by atoms with E-state index < -0.39 is 11.4 Å². The minimum Gasteiger partial charge on any atom is -0.481 e. The van der Waals surface area contributed by atoms with Crippen LogP contribution in [0.3, 0.4) is 0 Å². The normalized spacial score (nSPS) is 18.8. The zero-order valence-electron chi connectivity index (χ0n) is 11.6. The van der Waals surface area contributed by atoms with Gasteiger partial charge in [-0.1, -0.05) is 12.5 Å². The lowest BCUT2D eigenvalue weighted by Gasteiger charge is -2.38. The summed E-state index contributed by atoms with van der Waals surface area (Å²) in [6.45, 7) is 0.618. The van der Waals surface area contributed by atoms with Crippen LogP contribution in [0.1, 0.15) is 24.8 Å². The fourth-order valence-electron chi connectivity index (χ4n) is 2.97. The van der Waals surface area contributed by atoms with Gasteiger partial charge in [-0.25, -0.2) is 9.18 Å². The van der Waals surface area contributed by atoms with Crippen LogP contribution < -0.4 is 10.2 Å². The summed E-state index contributed by atoms with van der Waals surface area (Å²) in [6.07, 6.45) is 2.74. The number of halogens is 1. The summed E-state index contributed by atoms with van der Waals surface area (Å²) in [5.41, 5.74) is 0.689. The number of amides is 2. The van der Waals surface area contributed by atoms with E-state index in [1.807, 2.05) is 0 Å². The number of urea groups is 1. The van der Waals surface area contributed by atoms with Crippen LogP contribution >= 0.6 is 0 Å². The van der Waals surface area contributed by atoms with Crippen molar-refractivity contribution in [2.24, 2.45) is 5.41 Å². The number of anilines is 1. The number of rotatable bonds is 3. The molecule has 2 N–H and O–H groups in total. The Balaban J connectivity index is 1.68. The smallest absolute Gasteiger partial charge is 0.321 e. The molecular formula is C15H17FN2O3. The van der Waals surface area contributed by atoms with Gasteiger partial charge in [0.15, 0.2) is 0 Å². The maximum atomic E-state index is 13.3. The van der Waals surface area contributed by atoms with Gasteiger partial charge in [0, 0.05) is 13.1 Å². The molecule has 1 heterocycles. The molecule has 3 rings (SSSR count). The van der Waals surface area contributed by atoms with Gasteiger partial charge in [-0.05, 0) is 37.0 Å². The van der Waals surface area contributed by atoms with Crippen molar-refractivity contribution in [1.82, 2.24) is 5.32 Å². The van der Waals surface area contributed by atoms with E-state index >= 15 is 0 Å². The molecule has 0 radical (unpaired) electrons. The van der Waals surface area contributed by atoms with Gasteiger partial charge < -0.3 is 10.4 Å². The second-order valence-corrected chi connectivity index (χ2v) is 5.77. The van der Waals surface area contributed by atoms with Crippen molar-refractivity contribution < 1.29 is 19.1 Å². The van der Waals surface area contributed by atoms with E-state index in [-0.39, 0.29) is 18.4 Å². The number of aliphatic carboxylic acids is 1. The Labute approximate surface area is 121 Å². The first kappa shape index (κ1) is 13.9. The van der Waals surface area contributed by atoms with E-state index in [9.17, 15) is 19.1 Å². The van der Waals surface area contributed by atoms with E-state index in [1.54, 1.807) is 6.07 Å². The Morgan fingerprint density at radius 2 is 2.14 bits per heavy atom. The standard InChI is InChI=1S/C15H17FN2O3/c16-11-3-2-10-4-7-18(12(10)8-11)14(21)17-9-15(13(19)20)5-1-6-15/h2-3,8H,1,4-7,9H2,(H,17,21)(H,19,20). The molecule has 0 atom stereocenters. The van der Waals surface area contributed by atoms with Crippen molar-refractivity contribution >= 4 is 17.7 Å². The van der Waals surface area contributed by atoms with E-state index in [4.69, 9.17) is 0 Å². The Morgan fingerprint density at radius 3 is 2.76 bits per heavy atom. The number of fused-ring (bicyclic) bond motifs is 1. The lowest BCUT2D eigenvalue weighted by atomic mass is 9.69. The zero-order chi connectivity index (χ0) is 15.0. The van der Waals surface area contributed by atoms with Crippen LogP contribution in [0.15, 0.2) is 18.2 Å². The summed E-state index contributed by atoms with van der Waals surface area (Å²) in [4.78, 5) is 25.0. The SMILES string of the molecule is O=C(NCC1(C(=O)O)CCC1)N1CCc2ccc(F)cc21. The fraction of sp³-hybridized carbons (Fsp3) is 0.467. The van der Waals surface area contributed by atoms with Gasteiger partial charge in [0.2, 0.25) is 0 Å². The van der Waals surface area contributed by atoms with Crippen LogP contribution in [-0.2, 0) is 11.2 Å². The first-order valence-electron chi connectivity index (χ1n) is 7.09. The first-order valence-corrected chi connectivity index (χ1v) is 7.09. The molecule has 1 aliphatic heterocycles. The molecule has 112 valence electrons. The molecule has 1 aromatic carbocycles. The van der Waals surface area contributed by atoms with Crippen molar-refractivity contribution in [3.63, 3.8) is 0 Å². The predicted molar refractivity (Wildman–Crippen MR) is 74.8 cm³/mol. The third-order valence-corrected chi connectivity index (χ3v) is 4.53. The van der Waals surface area contributed by atoms with Crippen molar-refractivity contribution in [2.45, 2.75) is 25.7 Å². The summed E-state index contributed by atoms with van der Waals surface area (Å²) in [5, 5.41) is 11.9. The molecule has 6 heteroatoms. The average molecular weight is 292 g/mol. The molecule has 1 aromatic rings. The summed E-state index contributed by atoms with van der Waals surface area (Å²) in [6, 6.07) is 4.06. The van der Waals surface area contributed by atoms with Gasteiger partial charge >= 0.3 is 12.0 Å². The number of hydrogen-bond acceptors (Lipinski definition) is 2. The van der Waals surface area contributed by atoms with E-state index in [0.717, 1.165) is 12.0 Å². The number of benzene rings is 1. The highest BCUT2D eigenvalue weighted by Crippen LogP contribution is 2.40. The first-order chi connectivity index (χ1) is 10.0. The predicted octanol–water partition coefficient (Wildman–Crippen LogP) is 2.15. The minimum absolute atomic E-state index is 0.127. The van der Waals surface area contributed by atoms with Gasteiger partial charge in [0.05, 0.1) is 11.1 Å². The monoisotopic (exact) mass is 292 g/mol. The number of carboxylic acids is 1. The van der Waals surface area contributed by atoms with Gasteiger partial charge in [0.25, 0.3) is 0 Å². The molecule has 1 fully saturated rings. The maximum absolute atomic E-state index is 13.3. The van der Waals surface area contributed by atoms with Gasteiger partial charge in [0.1, 0.15) is 5.82 Å². The van der Waals surface area contributed by atoms with Crippen LogP contribution in [-0.4, -0.2) is 30.2 Å². The molecular weight excluding hydrogens is 275 g/mol. The van der Waals surface area contributed by atoms with Crippen molar-refractivity contribution in [3.8, 4) is 0 Å². The number of nitrogens with one attached hydrogen (secondary N) is 1. The third-order valence-electron chi connectivity index (χ3n) is 4.53. The summed E-state index contributed by atoms with van der Waals surface area (Å²) < 4.78 is 13.3. The molecule has 0 spiro atoms. The van der Waals surface area contributed by atoms with E-state index in [1.165, 1.54) is 17.0 Å². The number of carboxylic acid groups (broad SMARTS) is 1. The van der Waals surface area contributed by atoms with E-state index in [2.05, 4.69) is 5.32 Å². The Bertz CT molecular complexity index is 599. The zero-order valence-corrected chi connectivity index (χ0v) is 11.6. The molecule has 2 amide bonds. The second kappa shape index (κ2) is 5.02. The highest BCUT2D eigenvalue weighted by molar-refractivity contribution is 5.94. The third kappa shape index (κ3) is 2.34. The van der Waals surface area contributed by atoms with Crippen LogP contribution in [0.2, 0.25) is 0 Å². The molecule has 5 nitrogen and oxygen atoms in total. The van der Waals surface area contributed by atoms with Gasteiger partial charge in [-0.2, -0.15) is 0 Å². The summed E-state index contributed by atoms with van der Waals surface area (Å²) in [5.74, 6) is -1.24. The Morgan fingerprint density at radius 1 is 1.38 bits per heavy atom. The molecule has 0 unspecified atom stereocenters. The molecule has 2 aliphatic rings. The van der Waals surface area contributed by atoms with Crippen LogP contribution in [0.5, 0.6) is 0 Å². The molecule has 0 aromatic heterocycles. The van der Waals surface area contributed by atoms with Crippen molar-refractivity contribution in [3.05, 3.63) is 29.6 Å². The molecule has 1 aliphatic carbocycles. The molecule has 0 bridgehead atoms. The second-order valence-electron chi connectivity index (χ2n) is 5.77. The molecule has 1 saturated carbocycles. The summed E-state index contributed by atoms with van der Waals surface area (Å²) in [7, 11) is 0. The van der Waals surface area contributed by atoms with Crippen molar-refractivity contribution in [2.75, 3.05) is 18.0 Å².